The fourth-order valence-corrected chi connectivity index (χ4v) is 3.23. The Hall–Kier alpha value is -4.13. The molecule has 2 aromatic carbocycles. The average Bonchev–Trinajstić information content (AvgIpc) is 3.29. The number of ether oxygens (including phenoxy) is 2. The van der Waals surface area contributed by atoms with Gasteiger partial charge in [-0.15, -0.1) is 0 Å². The summed E-state index contributed by atoms with van der Waals surface area (Å²) in [6, 6.07) is 18.9. The SMILES string of the molecule is COc1ccc(-c2nn(-c3ccccc3)cc2C(=O)NCc2ccncc2)cc1OC. The first-order valence-corrected chi connectivity index (χ1v) is 9.74. The third kappa shape index (κ3) is 4.40. The number of rotatable bonds is 7. The molecule has 2 aromatic heterocycles. The van der Waals surface area contributed by atoms with Gasteiger partial charge in [-0.05, 0) is 48.0 Å². The van der Waals surface area contributed by atoms with Gasteiger partial charge in [0, 0.05) is 30.7 Å². The van der Waals surface area contributed by atoms with E-state index in [9.17, 15) is 4.79 Å². The fourth-order valence-electron chi connectivity index (χ4n) is 3.23. The number of para-hydroxylation sites is 1. The van der Waals surface area contributed by atoms with Crippen molar-refractivity contribution in [3.8, 4) is 28.4 Å². The minimum atomic E-state index is -0.219. The van der Waals surface area contributed by atoms with E-state index < -0.39 is 0 Å². The summed E-state index contributed by atoms with van der Waals surface area (Å²) in [5.41, 5.74) is 3.59. The number of nitrogens with one attached hydrogen (secondary N) is 1. The summed E-state index contributed by atoms with van der Waals surface area (Å²) in [6.45, 7) is 0.392. The molecule has 0 atom stereocenters. The Balaban J connectivity index is 1.72. The molecule has 0 radical (unpaired) electrons. The summed E-state index contributed by atoms with van der Waals surface area (Å²) in [5, 5.41) is 7.67. The molecule has 0 aliphatic heterocycles. The first kappa shape index (κ1) is 20.2. The second-order valence-electron chi connectivity index (χ2n) is 6.78. The van der Waals surface area contributed by atoms with E-state index in [0.717, 1.165) is 16.8 Å². The lowest BCUT2D eigenvalue weighted by molar-refractivity contribution is 0.0951. The van der Waals surface area contributed by atoms with E-state index >= 15 is 0 Å². The van der Waals surface area contributed by atoms with Crippen molar-refractivity contribution in [1.82, 2.24) is 20.1 Å². The second kappa shape index (κ2) is 9.13. The topological polar surface area (TPSA) is 78.3 Å². The van der Waals surface area contributed by atoms with Crippen molar-refractivity contribution in [2.75, 3.05) is 14.2 Å². The summed E-state index contributed by atoms with van der Waals surface area (Å²) in [4.78, 5) is 17.1. The van der Waals surface area contributed by atoms with Crippen LogP contribution in [0.5, 0.6) is 11.5 Å². The number of carbonyl (C=O) groups excluding carboxylic acids is 1. The van der Waals surface area contributed by atoms with Crippen LogP contribution in [-0.4, -0.2) is 34.9 Å². The molecule has 0 unspecified atom stereocenters. The number of carbonyl (C=O) groups is 1. The Morgan fingerprint density at radius 3 is 2.42 bits per heavy atom. The average molecular weight is 414 g/mol. The van der Waals surface area contributed by atoms with E-state index in [1.54, 1.807) is 43.6 Å². The molecule has 0 spiro atoms. The number of benzene rings is 2. The number of hydrogen-bond donors (Lipinski definition) is 1. The maximum Gasteiger partial charge on any atom is 0.255 e. The van der Waals surface area contributed by atoms with Gasteiger partial charge in [0.25, 0.3) is 5.91 Å². The highest BCUT2D eigenvalue weighted by Gasteiger charge is 2.20. The van der Waals surface area contributed by atoms with E-state index in [1.807, 2.05) is 54.6 Å². The monoisotopic (exact) mass is 414 g/mol. The van der Waals surface area contributed by atoms with E-state index in [4.69, 9.17) is 14.6 Å². The van der Waals surface area contributed by atoms with E-state index in [1.165, 1.54) is 0 Å². The Morgan fingerprint density at radius 2 is 1.71 bits per heavy atom. The quantitative estimate of drug-likeness (QED) is 0.497. The summed E-state index contributed by atoms with van der Waals surface area (Å²) in [6.07, 6.45) is 5.14. The zero-order chi connectivity index (χ0) is 21.6. The van der Waals surface area contributed by atoms with Gasteiger partial charge in [-0.1, -0.05) is 18.2 Å². The molecule has 1 amide bonds. The van der Waals surface area contributed by atoms with E-state index in [-0.39, 0.29) is 5.91 Å². The van der Waals surface area contributed by atoms with Crippen molar-refractivity contribution in [2.45, 2.75) is 6.54 Å². The van der Waals surface area contributed by atoms with Crippen LogP contribution in [0.3, 0.4) is 0 Å². The number of aromatic nitrogens is 3. The number of pyridine rings is 1. The van der Waals surface area contributed by atoms with Crippen molar-refractivity contribution in [3.05, 3.63) is 90.4 Å². The highest BCUT2D eigenvalue weighted by molar-refractivity contribution is 6.00. The van der Waals surface area contributed by atoms with E-state index in [2.05, 4.69) is 10.3 Å². The van der Waals surface area contributed by atoms with Crippen LogP contribution in [0.15, 0.2) is 79.3 Å². The number of nitrogens with zero attached hydrogens (tertiary/aromatic N) is 3. The lowest BCUT2D eigenvalue weighted by Crippen LogP contribution is -2.23. The molecule has 4 rings (SSSR count). The second-order valence-corrected chi connectivity index (χ2v) is 6.78. The van der Waals surface area contributed by atoms with Gasteiger partial charge < -0.3 is 14.8 Å². The first-order chi connectivity index (χ1) is 15.2. The molecule has 2 heterocycles. The summed E-state index contributed by atoms with van der Waals surface area (Å²) >= 11 is 0. The standard InChI is InChI=1S/C24H22N4O3/c1-30-21-9-8-18(14-22(21)31-2)23-20(16-28(27-23)19-6-4-3-5-7-19)24(29)26-15-17-10-12-25-13-11-17/h3-14,16H,15H2,1-2H3,(H,26,29). The normalized spacial score (nSPS) is 10.5. The lowest BCUT2D eigenvalue weighted by atomic mass is 10.1. The molecule has 0 fully saturated rings. The minimum Gasteiger partial charge on any atom is -0.493 e. The number of methoxy groups -OCH3 is 2. The van der Waals surface area contributed by atoms with Crippen LogP contribution in [0.4, 0.5) is 0 Å². The molecular formula is C24H22N4O3. The largest absolute Gasteiger partial charge is 0.493 e. The molecule has 7 heteroatoms. The fraction of sp³-hybridized carbons (Fsp3) is 0.125. The van der Waals surface area contributed by atoms with Crippen LogP contribution in [0.1, 0.15) is 15.9 Å². The Labute approximate surface area is 180 Å². The van der Waals surface area contributed by atoms with E-state index in [0.29, 0.717) is 29.3 Å². The van der Waals surface area contributed by atoms with Gasteiger partial charge in [0.05, 0.1) is 25.5 Å². The van der Waals surface area contributed by atoms with Crippen LogP contribution >= 0.6 is 0 Å². The maximum atomic E-state index is 13.1. The smallest absolute Gasteiger partial charge is 0.255 e. The molecule has 0 saturated heterocycles. The minimum absolute atomic E-state index is 0.219. The lowest BCUT2D eigenvalue weighted by Gasteiger charge is -2.10. The number of amides is 1. The predicted octanol–water partition coefficient (Wildman–Crippen LogP) is 3.88. The third-order valence-corrected chi connectivity index (χ3v) is 4.84. The van der Waals surface area contributed by atoms with Crippen molar-refractivity contribution < 1.29 is 14.3 Å². The maximum absolute atomic E-state index is 13.1. The van der Waals surface area contributed by atoms with Crippen molar-refractivity contribution in [3.63, 3.8) is 0 Å². The van der Waals surface area contributed by atoms with Crippen LogP contribution in [0.25, 0.3) is 16.9 Å². The third-order valence-electron chi connectivity index (χ3n) is 4.84. The first-order valence-electron chi connectivity index (χ1n) is 9.74. The van der Waals surface area contributed by atoms with Crippen LogP contribution in [0.2, 0.25) is 0 Å². The molecule has 0 saturated carbocycles. The van der Waals surface area contributed by atoms with Gasteiger partial charge in [0.1, 0.15) is 5.69 Å². The van der Waals surface area contributed by atoms with Crippen LogP contribution < -0.4 is 14.8 Å². The van der Waals surface area contributed by atoms with Crippen molar-refractivity contribution in [1.29, 1.82) is 0 Å². The zero-order valence-electron chi connectivity index (χ0n) is 17.3. The van der Waals surface area contributed by atoms with Gasteiger partial charge in [-0.2, -0.15) is 5.10 Å². The molecule has 0 bridgehead atoms. The summed E-state index contributed by atoms with van der Waals surface area (Å²) in [7, 11) is 3.16. The highest BCUT2D eigenvalue weighted by Crippen LogP contribution is 2.33. The highest BCUT2D eigenvalue weighted by atomic mass is 16.5. The van der Waals surface area contributed by atoms with Gasteiger partial charge >= 0.3 is 0 Å². The molecular weight excluding hydrogens is 392 g/mol. The summed E-state index contributed by atoms with van der Waals surface area (Å²) in [5.74, 6) is 0.957. The van der Waals surface area contributed by atoms with Gasteiger partial charge in [0.2, 0.25) is 0 Å². The molecule has 4 aromatic rings. The van der Waals surface area contributed by atoms with Gasteiger partial charge in [-0.25, -0.2) is 4.68 Å². The van der Waals surface area contributed by atoms with Crippen molar-refractivity contribution in [2.24, 2.45) is 0 Å². The molecule has 156 valence electrons. The number of hydrogen-bond acceptors (Lipinski definition) is 5. The molecule has 1 N–H and O–H groups in total. The molecule has 7 nitrogen and oxygen atoms in total. The Kier molecular flexibility index (Phi) is 5.93. The molecule has 31 heavy (non-hydrogen) atoms. The molecule has 0 aliphatic rings. The Morgan fingerprint density at radius 1 is 0.968 bits per heavy atom. The Bertz CT molecular complexity index is 1170. The predicted molar refractivity (Wildman–Crippen MR) is 118 cm³/mol. The van der Waals surface area contributed by atoms with Crippen LogP contribution in [0, 0.1) is 0 Å². The zero-order valence-corrected chi connectivity index (χ0v) is 17.3. The van der Waals surface area contributed by atoms with Crippen LogP contribution in [-0.2, 0) is 6.54 Å². The molecule has 0 aliphatic carbocycles. The van der Waals surface area contributed by atoms with Gasteiger partial charge in [0.15, 0.2) is 11.5 Å². The van der Waals surface area contributed by atoms with Gasteiger partial charge in [-0.3, -0.25) is 9.78 Å². The van der Waals surface area contributed by atoms with Crippen molar-refractivity contribution >= 4 is 5.91 Å². The summed E-state index contributed by atoms with van der Waals surface area (Å²) < 4.78 is 12.5.